The van der Waals surface area contributed by atoms with E-state index in [1.165, 1.54) is 25.9 Å². The Balaban J connectivity index is 0.000000243. The van der Waals surface area contributed by atoms with Gasteiger partial charge >= 0.3 is 13.1 Å². The van der Waals surface area contributed by atoms with Gasteiger partial charge in [-0.25, -0.2) is 13.2 Å². The van der Waals surface area contributed by atoms with Crippen molar-refractivity contribution in [3.63, 3.8) is 0 Å². The van der Waals surface area contributed by atoms with Gasteiger partial charge in [0.05, 0.1) is 13.1 Å². The second-order valence-electron chi connectivity index (χ2n) is 2.69. The van der Waals surface area contributed by atoms with Crippen molar-refractivity contribution in [2.24, 2.45) is 0 Å². The lowest BCUT2D eigenvalue weighted by molar-refractivity contribution is -0.635. The van der Waals surface area contributed by atoms with Crippen molar-refractivity contribution >= 4 is 6.98 Å². The highest BCUT2D eigenvalue weighted by Crippen LogP contribution is 2.31. The summed E-state index contributed by atoms with van der Waals surface area (Å²) in [4.78, 5) is 0. The molecule has 80 valence electrons. The van der Waals surface area contributed by atoms with E-state index in [2.05, 4.69) is 5.32 Å². The van der Waals surface area contributed by atoms with Gasteiger partial charge in [0, 0.05) is 12.8 Å². The molecule has 0 spiro atoms. The Kier molecular flexibility index (Phi) is 4.59. The lowest BCUT2D eigenvalue weighted by atomic mass is 9.92. The SMILES string of the molecule is C1CC[NH2+]C1.F[B-](F)(F)C(F)(F)F. The van der Waals surface area contributed by atoms with Gasteiger partial charge in [-0.15, -0.1) is 0 Å². The van der Waals surface area contributed by atoms with E-state index < -0.39 is 13.1 Å². The molecular formula is C5H10BF6N. The van der Waals surface area contributed by atoms with Crippen LogP contribution in [0.3, 0.4) is 0 Å². The third-order valence-electron chi connectivity index (χ3n) is 1.44. The molecule has 13 heavy (non-hydrogen) atoms. The van der Waals surface area contributed by atoms with Crippen molar-refractivity contribution in [2.75, 3.05) is 13.1 Å². The summed E-state index contributed by atoms with van der Waals surface area (Å²) in [6.45, 7) is -3.90. The first-order chi connectivity index (χ1) is 5.75. The van der Waals surface area contributed by atoms with Gasteiger partial charge in [0.2, 0.25) is 0 Å². The second kappa shape index (κ2) is 4.73. The van der Waals surface area contributed by atoms with E-state index >= 15 is 0 Å². The van der Waals surface area contributed by atoms with E-state index in [0.29, 0.717) is 0 Å². The van der Waals surface area contributed by atoms with Gasteiger partial charge in [-0.2, -0.15) is 0 Å². The topological polar surface area (TPSA) is 16.6 Å². The van der Waals surface area contributed by atoms with Crippen molar-refractivity contribution in [1.82, 2.24) is 0 Å². The van der Waals surface area contributed by atoms with Gasteiger partial charge in [-0.3, -0.25) is 0 Å². The maximum Gasteiger partial charge on any atom is 0.583 e. The maximum absolute atomic E-state index is 10.5. The fraction of sp³-hybridized carbons (Fsp3) is 1.00. The smallest absolute Gasteiger partial charge is 0.443 e. The van der Waals surface area contributed by atoms with Crippen LogP contribution in [0.1, 0.15) is 12.8 Å². The molecule has 0 aromatic rings. The second-order valence-corrected chi connectivity index (χ2v) is 2.69. The summed E-state index contributed by atoms with van der Waals surface area (Å²) in [5.74, 6) is 0. The predicted molar refractivity (Wildman–Crippen MR) is 36.0 cm³/mol. The van der Waals surface area contributed by atoms with Crippen molar-refractivity contribution in [2.45, 2.75) is 18.9 Å². The van der Waals surface area contributed by atoms with E-state index in [0.717, 1.165) is 0 Å². The van der Waals surface area contributed by atoms with Gasteiger partial charge in [0.1, 0.15) is 0 Å². The molecule has 0 aromatic heterocycles. The summed E-state index contributed by atoms with van der Waals surface area (Å²) in [6, 6.07) is 0. The van der Waals surface area contributed by atoms with E-state index in [4.69, 9.17) is 0 Å². The van der Waals surface area contributed by atoms with Crippen LogP contribution in [-0.2, 0) is 0 Å². The number of quaternary nitrogens is 1. The molecule has 1 aliphatic heterocycles. The minimum Gasteiger partial charge on any atom is -0.443 e. The largest absolute Gasteiger partial charge is 0.583 e. The molecule has 0 saturated carbocycles. The Labute approximate surface area is 71.5 Å². The molecule has 1 heterocycles. The fourth-order valence-corrected chi connectivity index (χ4v) is 0.722. The average Bonchev–Trinajstić information content (AvgIpc) is 2.35. The predicted octanol–water partition coefficient (Wildman–Crippen LogP) is 1.28. The monoisotopic (exact) mass is 209 g/mol. The van der Waals surface area contributed by atoms with Gasteiger partial charge in [0.25, 0.3) is 0 Å². The van der Waals surface area contributed by atoms with E-state index in [1.54, 1.807) is 0 Å². The number of hydrogen-bond donors (Lipinski definition) is 1. The Morgan fingerprint density at radius 2 is 1.23 bits per heavy atom. The molecular weight excluding hydrogens is 199 g/mol. The van der Waals surface area contributed by atoms with Crippen LogP contribution in [0.4, 0.5) is 26.1 Å². The minimum atomic E-state index is -6.65. The highest BCUT2D eigenvalue weighted by Gasteiger charge is 2.53. The molecule has 1 rings (SSSR count). The first kappa shape index (κ1) is 12.6. The van der Waals surface area contributed by atoms with Gasteiger partial charge in [-0.1, -0.05) is 0 Å². The Morgan fingerprint density at radius 1 is 0.923 bits per heavy atom. The van der Waals surface area contributed by atoms with Crippen LogP contribution in [0.5, 0.6) is 0 Å². The number of rotatable bonds is 0. The molecule has 0 bridgehead atoms. The van der Waals surface area contributed by atoms with Crippen molar-refractivity contribution < 1.29 is 31.4 Å². The molecule has 1 saturated heterocycles. The van der Waals surface area contributed by atoms with Gasteiger partial charge in [-0.05, 0) is 0 Å². The van der Waals surface area contributed by atoms with Crippen LogP contribution in [-0.4, -0.2) is 26.1 Å². The van der Waals surface area contributed by atoms with Crippen LogP contribution in [0.2, 0.25) is 0 Å². The third kappa shape index (κ3) is 5.78. The van der Waals surface area contributed by atoms with E-state index in [1.807, 2.05) is 0 Å². The molecule has 0 unspecified atom stereocenters. The normalized spacial score (nSPS) is 18.0. The Hall–Kier alpha value is -0.395. The fourth-order valence-electron chi connectivity index (χ4n) is 0.722. The lowest BCUT2D eigenvalue weighted by Crippen LogP contribution is -2.80. The van der Waals surface area contributed by atoms with E-state index in [9.17, 15) is 26.1 Å². The summed E-state index contributed by atoms with van der Waals surface area (Å²) in [7, 11) is 0. The molecule has 1 fully saturated rings. The molecule has 0 aliphatic carbocycles. The number of alkyl halides is 3. The van der Waals surface area contributed by atoms with Crippen molar-refractivity contribution in [3.05, 3.63) is 0 Å². The van der Waals surface area contributed by atoms with Gasteiger partial charge in [0.15, 0.2) is 0 Å². The van der Waals surface area contributed by atoms with Crippen LogP contribution >= 0.6 is 0 Å². The molecule has 0 amide bonds. The Bertz CT molecular complexity index is 117. The van der Waals surface area contributed by atoms with Crippen LogP contribution in [0.25, 0.3) is 0 Å². The third-order valence-corrected chi connectivity index (χ3v) is 1.44. The zero-order valence-electron chi connectivity index (χ0n) is 6.75. The maximum atomic E-state index is 10.5. The molecule has 2 N–H and O–H groups in total. The lowest BCUT2D eigenvalue weighted by Gasteiger charge is -2.16. The van der Waals surface area contributed by atoms with Crippen LogP contribution in [0, 0.1) is 0 Å². The highest BCUT2D eigenvalue weighted by molar-refractivity contribution is 6.60. The minimum absolute atomic E-state index is 1.38. The summed E-state index contributed by atoms with van der Waals surface area (Å²) >= 11 is 0. The number of nitrogens with two attached hydrogens (primary N) is 1. The zero-order chi connectivity index (χ0) is 10.5. The first-order valence-corrected chi connectivity index (χ1v) is 3.83. The molecule has 8 heteroatoms. The summed E-state index contributed by atoms with van der Waals surface area (Å²) in [5, 5.41) is 2.36. The zero-order valence-corrected chi connectivity index (χ0v) is 6.75. The summed E-state index contributed by atoms with van der Waals surface area (Å²) < 4.78 is 62.9. The van der Waals surface area contributed by atoms with Crippen molar-refractivity contribution in [1.29, 1.82) is 0 Å². The quantitative estimate of drug-likeness (QED) is 0.457. The standard InChI is InChI=1S/C4H9N.CBF6/c1-2-4-5-3-1;3-1(4,5)2(6,7)8/h5H,1-4H2;/q;-1/p+1. The van der Waals surface area contributed by atoms with Crippen LogP contribution < -0.4 is 5.32 Å². The Morgan fingerprint density at radius 3 is 1.31 bits per heavy atom. The number of halogens is 6. The first-order valence-electron chi connectivity index (χ1n) is 3.83. The highest BCUT2D eigenvalue weighted by atomic mass is 19.4. The van der Waals surface area contributed by atoms with Crippen molar-refractivity contribution in [3.8, 4) is 0 Å². The van der Waals surface area contributed by atoms with Gasteiger partial charge < -0.3 is 18.3 Å². The summed E-state index contributed by atoms with van der Waals surface area (Å²) in [5.41, 5.74) is 0. The molecule has 1 aliphatic rings. The molecule has 0 radical (unpaired) electrons. The van der Waals surface area contributed by atoms with Crippen LogP contribution in [0.15, 0.2) is 0 Å². The average molecular weight is 209 g/mol. The molecule has 0 atom stereocenters. The number of hydrogen-bond acceptors (Lipinski definition) is 0. The molecule has 1 nitrogen and oxygen atoms in total. The summed E-state index contributed by atoms with van der Waals surface area (Å²) in [6.07, 6.45) is -3.11. The molecule has 0 aromatic carbocycles. The van der Waals surface area contributed by atoms with E-state index in [-0.39, 0.29) is 0 Å².